The molecule has 0 bridgehead atoms. The summed E-state index contributed by atoms with van der Waals surface area (Å²) in [4.78, 5) is 18.4. The number of nitrogens with two attached hydrogens (primary N) is 1. The molecule has 3 heterocycles. The molecule has 3 aromatic rings. The summed E-state index contributed by atoms with van der Waals surface area (Å²) in [7, 11) is 0. The highest BCUT2D eigenvalue weighted by molar-refractivity contribution is 5.88. The number of carbonyl (C=O) groups is 1. The SMILES string of the molecule is Cc1cccc(C2CCCN2C=O)c1-c1ccc2nc(N)c(C3CCOC(C)(C)C3)cc2c1. The first-order chi connectivity index (χ1) is 15.9. The number of hydrogen-bond acceptors (Lipinski definition) is 4. The first kappa shape index (κ1) is 21.9. The van der Waals surface area contributed by atoms with Crippen LogP contribution in [0.1, 0.15) is 68.2 Å². The van der Waals surface area contributed by atoms with Crippen LogP contribution < -0.4 is 5.73 Å². The number of benzene rings is 2. The molecule has 2 unspecified atom stereocenters. The van der Waals surface area contributed by atoms with Gasteiger partial charge in [0, 0.05) is 18.5 Å². The third-order valence-corrected chi connectivity index (χ3v) is 7.39. The van der Waals surface area contributed by atoms with Gasteiger partial charge in [-0.3, -0.25) is 4.79 Å². The van der Waals surface area contributed by atoms with Gasteiger partial charge in [-0.2, -0.15) is 0 Å². The average molecular weight is 444 g/mol. The van der Waals surface area contributed by atoms with Crippen molar-refractivity contribution in [2.45, 2.75) is 64.0 Å². The van der Waals surface area contributed by atoms with Crippen LogP contribution in [0.25, 0.3) is 22.0 Å². The molecule has 0 spiro atoms. The Labute approximate surface area is 195 Å². The van der Waals surface area contributed by atoms with Crippen molar-refractivity contribution in [1.82, 2.24) is 9.88 Å². The Morgan fingerprint density at radius 3 is 2.79 bits per heavy atom. The molecule has 1 amide bonds. The number of anilines is 1. The van der Waals surface area contributed by atoms with E-state index in [0.717, 1.165) is 67.3 Å². The lowest BCUT2D eigenvalue weighted by molar-refractivity contribution is -0.118. The molecule has 5 heteroatoms. The lowest BCUT2D eigenvalue weighted by Crippen LogP contribution is -2.33. The highest BCUT2D eigenvalue weighted by Crippen LogP contribution is 2.41. The highest BCUT2D eigenvalue weighted by atomic mass is 16.5. The lowest BCUT2D eigenvalue weighted by Gasteiger charge is -2.36. The summed E-state index contributed by atoms with van der Waals surface area (Å²) < 4.78 is 5.92. The van der Waals surface area contributed by atoms with E-state index in [4.69, 9.17) is 15.5 Å². The quantitative estimate of drug-likeness (QED) is 0.521. The zero-order valence-corrected chi connectivity index (χ0v) is 19.8. The molecule has 172 valence electrons. The van der Waals surface area contributed by atoms with Crippen LogP contribution in [0.5, 0.6) is 0 Å². The summed E-state index contributed by atoms with van der Waals surface area (Å²) in [6, 6.07) is 15.2. The Hall–Kier alpha value is -2.92. The van der Waals surface area contributed by atoms with Crippen LogP contribution in [-0.4, -0.2) is 35.0 Å². The van der Waals surface area contributed by atoms with Crippen molar-refractivity contribution in [2.75, 3.05) is 18.9 Å². The fourth-order valence-corrected chi connectivity index (χ4v) is 5.80. The summed E-state index contributed by atoms with van der Waals surface area (Å²) in [6.45, 7) is 8.02. The number of aromatic nitrogens is 1. The minimum atomic E-state index is -0.145. The topological polar surface area (TPSA) is 68.5 Å². The second kappa shape index (κ2) is 8.45. The van der Waals surface area contributed by atoms with Crippen molar-refractivity contribution >= 4 is 23.1 Å². The molecule has 0 radical (unpaired) electrons. The third kappa shape index (κ3) is 4.10. The number of hydrogen-bond donors (Lipinski definition) is 1. The number of aryl methyl sites for hydroxylation is 1. The predicted molar refractivity (Wildman–Crippen MR) is 133 cm³/mol. The van der Waals surface area contributed by atoms with Crippen LogP contribution >= 0.6 is 0 Å². The molecular formula is C28H33N3O2. The van der Waals surface area contributed by atoms with E-state index in [0.29, 0.717) is 11.7 Å². The van der Waals surface area contributed by atoms with Crippen LogP contribution in [0, 0.1) is 6.92 Å². The number of pyridine rings is 1. The number of rotatable bonds is 4. The average Bonchev–Trinajstić information content (AvgIpc) is 3.26. The standard InChI is InChI=1S/C28H33N3O2/c1-18-6-4-7-22(25-8-5-12-31(25)17-32)26(18)19-9-10-24-21(14-19)15-23(27(29)30-24)20-11-13-33-28(2,3)16-20/h4,6-7,9-10,14-15,17,20,25H,5,8,11-13,16H2,1-3H3,(H2,29,30). The molecule has 2 fully saturated rings. The summed E-state index contributed by atoms with van der Waals surface area (Å²) >= 11 is 0. The fraction of sp³-hybridized carbons (Fsp3) is 0.429. The van der Waals surface area contributed by atoms with E-state index in [1.807, 2.05) is 4.90 Å². The van der Waals surface area contributed by atoms with E-state index >= 15 is 0 Å². The maximum absolute atomic E-state index is 11.7. The third-order valence-electron chi connectivity index (χ3n) is 7.39. The van der Waals surface area contributed by atoms with Crippen molar-refractivity contribution in [2.24, 2.45) is 0 Å². The van der Waals surface area contributed by atoms with E-state index in [1.165, 1.54) is 16.7 Å². The first-order valence-corrected chi connectivity index (χ1v) is 12.0. The number of amides is 1. The first-order valence-electron chi connectivity index (χ1n) is 12.0. The Bertz CT molecular complexity index is 1200. The molecule has 2 atom stereocenters. The summed E-state index contributed by atoms with van der Waals surface area (Å²) in [5.74, 6) is 0.977. The van der Waals surface area contributed by atoms with Crippen LogP contribution in [0.2, 0.25) is 0 Å². The Kier molecular flexibility index (Phi) is 5.61. The number of ether oxygens (including phenoxy) is 1. The molecule has 5 rings (SSSR count). The van der Waals surface area contributed by atoms with Gasteiger partial charge >= 0.3 is 0 Å². The van der Waals surface area contributed by atoms with Crippen LogP contribution in [0.15, 0.2) is 42.5 Å². The fourth-order valence-electron chi connectivity index (χ4n) is 5.80. The van der Waals surface area contributed by atoms with Gasteiger partial charge in [0.15, 0.2) is 0 Å². The molecule has 5 nitrogen and oxygen atoms in total. The number of fused-ring (bicyclic) bond motifs is 1. The second-order valence-corrected chi connectivity index (χ2v) is 10.2. The van der Waals surface area contributed by atoms with Gasteiger partial charge < -0.3 is 15.4 Å². The van der Waals surface area contributed by atoms with Crippen LogP contribution in [0.4, 0.5) is 5.82 Å². The molecule has 1 aromatic heterocycles. The number of likely N-dealkylation sites (tertiary alicyclic amines) is 1. The maximum Gasteiger partial charge on any atom is 0.210 e. The molecule has 2 aromatic carbocycles. The molecular weight excluding hydrogens is 410 g/mol. The minimum absolute atomic E-state index is 0.137. The molecule has 2 saturated heterocycles. The van der Waals surface area contributed by atoms with Gasteiger partial charge in [0.05, 0.1) is 17.2 Å². The minimum Gasteiger partial charge on any atom is -0.383 e. The zero-order valence-electron chi connectivity index (χ0n) is 19.8. The van der Waals surface area contributed by atoms with E-state index in [1.54, 1.807) is 0 Å². The van der Waals surface area contributed by atoms with Gasteiger partial charge in [0.1, 0.15) is 5.82 Å². The molecule has 0 saturated carbocycles. The van der Waals surface area contributed by atoms with E-state index in [2.05, 4.69) is 63.2 Å². The van der Waals surface area contributed by atoms with Crippen LogP contribution in [0.3, 0.4) is 0 Å². The van der Waals surface area contributed by atoms with E-state index in [-0.39, 0.29) is 11.6 Å². The van der Waals surface area contributed by atoms with Crippen molar-refractivity contribution in [1.29, 1.82) is 0 Å². The number of nitrogen functional groups attached to an aromatic ring is 1. The van der Waals surface area contributed by atoms with E-state index < -0.39 is 0 Å². The normalized spacial score (nSPS) is 22.6. The molecule has 2 aliphatic heterocycles. The molecule has 2 aliphatic rings. The summed E-state index contributed by atoms with van der Waals surface area (Å²) in [5, 5.41) is 1.11. The Balaban J connectivity index is 1.59. The lowest BCUT2D eigenvalue weighted by atomic mass is 9.83. The summed E-state index contributed by atoms with van der Waals surface area (Å²) in [6.07, 6.45) is 4.95. The van der Waals surface area contributed by atoms with Gasteiger partial charge in [0.25, 0.3) is 0 Å². The monoisotopic (exact) mass is 443 g/mol. The van der Waals surface area contributed by atoms with Crippen molar-refractivity contribution < 1.29 is 9.53 Å². The Morgan fingerprint density at radius 2 is 2.00 bits per heavy atom. The highest BCUT2D eigenvalue weighted by Gasteiger charge is 2.31. The van der Waals surface area contributed by atoms with Gasteiger partial charge in [-0.25, -0.2) is 4.98 Å². The van der Waals surface area contributed by atoms with Crippen molar-refractivity contribution in [3.05, 3.63) is 59.2 Å². The van der Waals surface area contributed by atoms with Gasteiger partial charge in [-0.05, 0) is 98.4 Å². The molecule has 0 aliphatic carbocycles. The number of nitrogens with zero attached hydrogens (tertiary/aromatic N) is 2. The van der Waals surface area contributed by atoms with Crippen LogP contribution in [-0.2, 0) is 9.53 Å². The largest absolute Gasteiger partial charge is 0.383 e. The van der Waals surface area contributed by atoms with Gasteiger partial charge in [-0.15, -0.1) is 0 Å². The van der Waals surface area contributed by atoms with Gasteiger partial charge in [-0.1, -0.05) is 24.3 Å². The Morgan fingerprint density at radius 1 is 1.15 bits per heavy atom. The second-order valence-electron chi connectivity index (χ2n) is 10.2. The van der Waals surface area contributed by atoms with E-state index in [9.17, 15) is 4.79 Å². The maximum atomic E-state index is 11.7. The summed E-state index contributed by atoms with van der Waals surface area (Å²) in [5.41, 5.74) is 13.2. The smallest absolute Gasteiger partial charge is 0.210 e. The molecule has 33 heavy (non-hydrogen) atoms. The number of carbonyl (C=O) groups excluding carboxylic acids is 1. The zero-order chi connectivity index (χ0) is 23.2. The molecule has 2 N–H and O–H groups in total. The van der Waals surface area contributed by atoms with Crippen molar-refractivity contribution in [3.8, 4) is 11.1 Å². The van der Waals surface area contributed by atoms with Crippen molar-refractivity contribution in [3.63, 3.8) is 0 Å². The van der Waals surface area contributed by atoms with Gasteiger partial charge in [0.2, 0.25) is 6.41 Å². The predicted octanol–water partition coefficient (Wildman–Crippen LogP) is 5.76.